The molecule has 0 aliphatic rings. The number of carbonyl (C=O) groups is 1. The third-order valence-electron chi connectivity index (χ3n) is 3.67. The first-order valence-electron chi connectivity index (χ1n) is 7.98. The zero-order chi connectivity index (χ0) is 18.5. The molecule has 3 rings (SSSR count). The molecule has 7 heteroatoms. The van der Waals surface area contributed by atoms with Crippen molar-refractivity contribution in [3.05, 3.63) is 63.8 Å². The van der Waals surface area contributed by atoms with Crippen LogP contribution in [-0.4, -0.2) is 18.7 Å². The van der Waals surface area contributed by atoms with Crippen LogP contribution in [0.1, 0.15) is 18.2 Å². The molecule has 0 aliphatic carbocycles. The molecule has 0 aliphatic heterocycles. The summed E-state index contributed by atoms with van der Waals surface area (Å²) in [6.07, 6.45) is 2.31. The average molecular weight is 391 g/mol. The molecule has 1 aromatic heterocycles. The van der Waals surface area contributed by atoms with Crippen molar-refractivity contribution in [2.45, 2.75) is 13.3 Å². The van der Waals surface area contributed by atoms with Gasteiger partial charge in [-0.1, -0.05) is 48.3 Å². The number of halogens is 2. The molecule has 0 unspecified atom stereocenters. The van der Waals surface area contributed by atoms with Gasteiger partial charge in [0.05, 0.1) is 11.2 Å². The Bertz CT molecular complexity index is 967. The Morgan fingerprint density at radius 2 is 2.08 bits per heavy atom. The summed E-state index contributed by atoms with van der Waals surface area (Å²) in [6, 6.07) is 12.5. The summed E-state index contributed by atoms with van der Waals surface area (Å²) >= 11 is 11.8. The molecule has 1 amide bonds. The Morgan fingerprint density at radius 1 is 1.27 bits per heavy atom. The molecule has 0 fully saturated rings. The van der Waals surface area contributed by atoms with E-state index in [1.165, 1.54) is 0 Å². The molecule has 0 radical (unpaired) electrons. The topological polar surface area (TPSA) is 63.8 Å². The number of rotatable bonds is 6. The summed E-state index contributed by atoms with van der Waals surface area (Å²) in [5.41, 5.74) is 4.07. The number of carbonyl (C=O) groups excluding carboxylic acids is 1. The smallest absolute Gasteiger partial charge is 0.277 e. The van der Waals surface area contributed by atoms with Crippen molar-refractivity contribution in [2.75, 3.05) is 6.61 Å². The van der Waals surface area contributed by atoms with Crippen LogP contribution in [0.2, 0.25) is 10.0 Å². The van der Waals surface area contributed by atoms with E-state index in [9.17, 15) is 4.79 Å². The number of hydrogen-bond donors (Lipinski definition) is 1. The minimum absolute atomic E-state index is 0.217. The molecule has 134 valence electrons. The third kappa shape index (κ3) is 4.18. The number of hydrogen-bond acceptors (Lipinski definition) is 4. The van der Waals surface area contributed by atoms with Gasteiger partial charge in [0, 0.05) is 22.4 Å². The fraction of sp³-hybridized carbons (Fsp3) is 0.158. The van der Waals surface area contributed by atoms with Gasteiger partial charge in [0.15, 0.2) is 6.61 Å². The highest BCUT2D eigenvalue weighted by Gasteiger charge is 2.11. The van der Waals surface area contributed by atoms with Gasteiger partial charge in [-0.25, -0.2) is 5.43 Å². The number of ether oxygens (including phenoxy) is 1. The second-order valence-electron chi connectivity index (χ2n) is 5.45. The monoisotopic (exact) mass is 390 g/mol. The van der Waals surface area contributed by atoms with E-state index in [1.807, 2.05) is 31.2 Å². The van der Waals surface area contributed by atoms with E-state index < -0.39 is 5.91 Å². The van der Waals surface area contributed by atoms with Crippen molar-refractivity contribution in [2.24, 2.45) is 5.10 Å². The summed E-state index contributed by atoms with van der Waals surface area (Å²) in [5.74, 6) is 0.788. The van der Waals surface area contributed by atoms with E-state index >= 15 is 0 Å². The van der Waals surface area contributed by atoms with Gasteiger partial charge in [-0.2, -0.15) is 5.10 Å². The fourth-order valence-corrected chi connectivity index (χ4v) is 2.92. The summed E-state index contributed by atoms with van der Waals surface area (Å²) in [5, 5.41) is 5.79. The second kappa shape index (κ2) is 8.25. The van der Waals surface area contributed by atoms with E-state index in [0.717, 1.165) is 28.7 Å². The number of para-hydroxylation sites is 1. The third-order valence-corrected chi connectivity index (χ3v) is 4.20. The molecular formula is C19H16Cl2N2O3. The van der Waals surface area contributed by atoms with Crippen LogP contribution in [0, 0.1) is 0 Å². The van der Waals surface area contributed by atoms with Gasteiger partial charge in [0.1, 0.15) is 17.1 Å². The van der Waals surface area contributed by atoms with Crippen LogP contribution in [-0.2, 0) is 11.2 Å². The van der Waals surface area contributed by atoms with Crippen LogP contribution in [0.5, 0.6) is 5.75 Å². The standard InChI is InChI=1S/C19H16Cl2N2O3/c1-2-16-14(13-5-3-4-6-17(13)26-16)10-22-23-19(24)11-25-18-8-7-12(20)9-15(18)21/h3-10H,2,11H2,1H3,(H,23,24)/b22-10-. The van der Waals surface area contributed by atoms with Crippen molar-refractivity contribution in [3.8, 4) is 5.75 Å². The molecule has 0 atom stereocenters. The van der Waals surface area contributed by atoms with Crippen molar-refractivity contribution >= 4 is 46.3 Å². The van der Waals surface area contributed by atoms with Crippen LogP contribution in [0.3, 0.4) is 0 Å². The fourth-order valence-electron chi connectivity index (χ4n) is 2.46. The number of benzene rings is 2. The highest BCUT2D eigenvalue weighted by molar-refractivity contribution is 6.35. The predicted molar refractivity (Wildman–Crippen MR) is 103 cm³/mol. The maximum absolute atomic E-state index is 11.9. The summed E-state index contributed by atoms with van der Waals surface area (Å²) < 4.78 is 11.1. The molecule has 0 saturated heterocycles. The van der Waals surface area contributed by atoms with E-state index in [1.54, 1.807) is 24.4 Å². The van der Waals surface area contributed by atoms with Crippen molar-refractivity contribution < 1.29 is 13.9 Å². The van der Waals surface area contributed by atoms with E-state index in [4.69, 9.17) is 32.4 Å². The lowest BCUT2D eigenvalue weighted by molar-refractivity contribution is -0.123. The predicted octanol–water partition coefficient (Wildman–Crippen LogP) is 4.83. The number of fused-ring (bicyclic) bond motifs is 1. The van der Waals surface area contributed by atoms with E-state index in [-0.39, 0.29) is 6.61 Å². The maximum Gasteiger partial charge on any atom is 0.277 e. The minimum Gasteiger partial charge on any atom is -0.482 e. The summed E-state index contributed by atoms with van der Waals surface area (Å²) in [7, 11) is 0. The molecular weight excluding hydrogens is 375 g/mol. The SMILES string of the molecule is CCc1oc2ccccc2c1/C=N\NC(=O)COc1ccc(Cl)cc1Cl. The zero-order valence-electron chi connectivity index (χ0n) is 14.0. The highest BCUT2D eigenvalue weighted by Crippen LogP contribution is 2.27. The first kappa shape index (κ1) is 18.3. The minimum atomic E-state index is -0.405. The molecule has 2 aromatic carbocycles. The number of amides is 1. The van der Waals surface area contributed by atoms with Gasteiger partial charge in [0.25, 0.3) is 5.91 Å². The van der Waals surface area contributed by atoms with Gasteiger partial charge in [0.2, 0.25) is 0 Å². The molecule has 0 bridgehead atoms. The molecule has 0 saturated carbocycles. The number of nitrogens with one attached hydrogen (secondary N) is 1. The Kier molecular flexibility index (Phi) is 5.81. The van der Waals surface area contributed by atoms with Gasteiger partial charge in [-0.15, -0.1) is 0 Å². The number of hydrazone groups is 1. The largest absolute Gasteiger partial charge is 0.482 e. The number of furan rings is 1. The number of nitrogens with zero attached hydrogens (tertiary/aromatic N) is 1. The Balaban J connectivity index is 1.62. The van der Waals surface area contributed by atoms with Crippen LogP contribution in [0.25, 0.3) is 11.0 Å². The summed E-state index contributed by atoms with van der Waals surface area (Å²) in [6.45, 7) is 1.78. The Labute approximate surface area is 160 Å². The normalized spacial score (nSPS) is 11.2. The lowest BCUT2D eigenvalue weighted by atomic mass is 10.1. The highest BCUT2D eigenvalue weighted by atomic mass is 35.5. The van der Waals surface area contributed by atoms with E-state index in [2.05, 4.69) is 10.5 Å². The molecule has 1 N–H and O–H groups in total. The zero-order valence-corrected chi connectivity index (χ0v) is 15.5. The lowest BCUT2D eigenvalue weighted by Gasteiger charge is -2.06. The van der Waals surface area contributed by atoms with Gasteiger partial charge >= 0.3 is 0 Å². The molecule has 26 heavy (non-hydrogen) atoms. The van der Waals surface area contributed by atoms with Crippen LogP contribution in [0.15, 0.2) is 52.0 Å². The van der Waals surface area contributed by atoms with Gasteiger partial charge in [-0.05, 0) is 24.3 Å². The molecule has 5 nitrogen and oxygen atoms in total. The summed E-state index contributed by atoms with van der Waals surface area (Å²) in [4.78, 5) is 11.9. The Hall–Kier alpha value is -2.50. The molecule has 3 aromatic rings. The van der Waals surface area contributed by atoms with Crippen LogP contribution < -0.4 is 10.2 Å². The maximum atomic E-state index is 11.9. The van der Waals surface area contributed by atoms with Gasteiger partial charge < -0.3 is 9.15 Å². The molecule has 0 spiro atoms. The second-order valence-corrected chi connectivity index (χ2v) is 6.29. The van der Waals surface area contributed by atoms with Gasteiger partial charge in [-0.3, -0.25) is 4.79 Å². The first-order chi connectivity index (χ1) is 12.6. The van der Waals surface area contributed by atoms with Crippen LogP contribution in [0.4, 0.5) is 0 Å². The number of aryl methyl sites for hydroxylation is 1. The first-order valence-corrected chi connectivity index (χ1v) is 8.74. The quantitative estimate of drug-likeness (QED) is 0.484. The van der Waals surface area contributed by atoms with E-state index in [0.29, 0.717) is 15.8 Å². The van der Waals surface area contributed by atoms with Crippen molar-refractivity contribution in [3.63, 3.8) is 0 Å². The van der Waals surface area contributed by atoms with Crippen molar-refractivity contribution in [1.29, 1.82) is 0 Å². The average Bonchev–Trinajstić information content (AvgIpc) is 2.99. The molecule has 1 heterocycles. The lowest BCUT2D eigenvalue weighted by Crippen LogP contribution is -2.24. The Morgan fingerprint density at radius 3 is 2.85 bits per heavy atom. The van der Waals surface area contributed by atoms with Crippen molar-refractivity contribution in [1.82, 2.24) is 5.43 Å². The van der Waals surface area contributed by atoms with Crippen LogP contribution >= 0.6 is 23.2 Å².